The van der Waals surface area contributed by atoms with Gasteiger partial charge in [-0.15, -0.1) is 0 Å². The first-order valence-electron chi connectivity index (χ1n) is 9.91. The zero-order valence-electron chi connectivity index (χ0n) is 15.5. The summed E-state index contributed by atoms with van der Waals surface area (Å²) in [5.74, 6) is -0.936. The summed E-state index contributed by atoms with van der Waals surface area (Å²) in [6, 6.07) is 5.85. The molecule has 0 aliphatic carbocycles. The number of unbranched alkanes of at least 4 members (excludes halogenated alkanes) is 10. The van der Waals surface area contributed by atoms with Crippen LogP contribution in [-0.4, -0.2) is 11.1 Å². The van der Waals surface area contributed by atoms with Gasteiger partial charge in [-0.25, -0.2) is 4.57 Å². The second-order valence-corrected chi connectivity index (χ2v) is 6.93. The molecule has 0 spiro atoms. The molecule has 0 aliphatic rings. The lowest BCUT2D eigenvalue weighted by Gasteiger charge is -2.09. The molecule has 1 aromatic rings. The Kier molecular flexibility index (Phi) is 12.1. The van der Waals surface area contributed by atoms with Crippen LogP contribution in [0.4, 0.5) is 0 Å². The van der Waals surface area contributed by atoms with Crippen molar-refractivity contribution >= 4 is 5.97 Å². The Morgan fingerprint density at radius 3 is 1.83 bits per heavy atom. The van der Waals surface area contributed by atoms with Crippen molar-refractivity contribution in [2.75, 3.05) is 0 Å². The van der Waals surface area contributed by atoms with Crippen molar-refractivity contribution in [2.45, 2.75) is 90.5 Å². The second kappa shape index (κ2) is 14.0. The number of rotatable bonds is 15. The highest BCUT2D eigenvalue weighted by atomic mass is 16.4. The molecule has 24 heavy (non-hydrogen) atoms. The molecular weight excluding hydrogens is 298 g/mol. The average molecular weight is 335 g/mol. The van der Waals surface area contributed by atoms with Gasteiger partial charge in [0.05, 0.1) is 0 Å². The molecule has 0 bridgehead atoms. The molecule has 0 amide bonds. The maximum Gasteiger partial charge on any atom is 0.312 e. The smallest absolute Gasteiger partial charge is 0.312 e. The highest BCUT2D eigenvalue weighted by Crippen LogP contribution is 2.14. The molecule has 1 rings (SSSR count). The molecule has 0 radical (unpaired) electrons. The van der Waals surface area contributed by atoms with Gasteiger partial charge >= 0.3 is 5.97 Å². The summed E-state index contributed by atoms with van der Waals surface area (Å²) in [6.07, 6.45) is 19.0. The Hall–Kier alpha value is -1.38. The van der Waals surface area contributed by atoms with Gasteiger partial charge in [-0.05, 0) is 6.42 Å². The van der Waals surface area contributed by atoms with Gasteiger partial charge in [0, 0.05) is 12.1 Å². The van der Waals surface area contributed by atoms with Crippen molar-refractivity contribution in [1.29, 1.82) is 0 Å². The number of hydrogen-bond donors (Lipinski definition) is 1. The Bertz CT molecular complexity index is 419. The Labute approximate surface area is 148 Å². The summed E-state index contributed by atoms with van der Waals surface area (Å²) in [5, 5.41) is 9.38. The summed E-state index contributed by atoms with van der Waals surface area (Å²) in [4.78, 5) is 11.4. The SMILES string of the molecule is CCCCCCCCCCCCCC(C[n+]1ccccc1)C(=O)O. The van der Waals surface area contributed by atoms with Crippen LogP contribution in [0, 0.1) is 5.92 Å². The van der Waals surface area contributed by atoms with Crippen LogP contribution in [0.15, 0.2) is 30.6 Å². The molecular formula is C21H36NO2+. The number of carbonyl (C=O) groups is 1. The van der Waals surface area contributed by atoms with E-state index in [1.807, 2.05) is 35.2 Å². The molecule has 1 heterocycles. The van der Waals surface area contributed by atoms with E-state index in [0.29, 0.717) is 6.54 Å². The molecule has 1 N–H and O–H groups in total. The van der Waals surface area contributed by atoms with Crippen molar-refractivity contribution in [3.05, 3.63) is 30.6 Å². The summed E-state index contributed by atoms with van der Waals surface area (Å²) < 4.78 is 1.97. The van der Waals surface area contributed by atoms with E-state index in [9.17, 15) is 9.90 Å². The van der Waals surface area contributed by atoms with Crippen LogP contribution in [0.2, 0.25) is 0 Å². The monoisotopic (exact) mass is 334 g/mol. The zero-order chi connectivity index (χ0) is 17.5. The highest BCUT2D eigenvalue weighted by Gasteiger charge is 2.21. The maximum atomic E-state index is 11.4. The number of pyridine rings is 1. The number of carboxylic acid groups (broad SMARTS) is 1. The van der Waals surface area contributed by atoms with E-state index in [0.717, 1.165) is 12.8 Å². The molecule has 3 nitrogen and oxygen atoms in total. The lowest BCUT2D eigenvalue weighted by Crippen LogP contribution is -2.39. The van der Waals surface area contributed by atoms with E-state index in [1.165, 1.54) is 64.2 Å². The Morgan fingerprint density at radius 1 is 0.833 bits per heavy atom. The summed E-state index contributed by atoms with van der Waals surface area (Å²) >= 11 is 0. The minimum absolute atomic E-state index is 0.268. The molecule has 1 atom stereocenters. The third-order valence-electron chi connectivity index (χ3n) is 4.71. The van der Waals surface area contributed by atoms with E-state index in [1.54, 1.807) is 0 Å². The van der Waals surface area contributed by atoms with Crippen molar-refractivity contribution in [3.8, 4) is 0 Å². The fourth-order valence-corrected chi connectivity index (χ4v) is 3.16. The van der Waals surface area contributed by atoms with Crippen LogP contribution in [-0.2, 0) is 11.3 Å². The summed E-state index contributed by atoms with van der Waals surface area (Å²) in [6.45, 7) is 2.83. The predicted octanol–water partition coefficient (Wildman–Crippen LogP) is 5.38. The number of nitrogens with zero attached hydrogens (tertiary/aromatic N) is 1. The molecule has 0 aliphatic heterocycles. The first-order valence-corrected chi connectivity index (χ1v) is 9.91. The molecule has 3 heteroatoms. The van der Waals surface area contributed by atoms with Gasteiger partial charge in [-0.2, -0.15) is 0 Å². The second-order valence-electron chi connectivity index (χ2n) is 6.93. The summed E-state index contributed by atoms with van der Waals surface area (Å²) in [7, 11) is 0. The quantitative estimate of drug-likeness (QED) is 0.346. The Balaban J connectivity index is 2.02. The summed E-state index contributed by atoms with van der Waals surface area (Å²) in [5.41, 5.74) is 0. The minimum atomic E-state index is -0.668. The lowest BCUT2D eigenvalue weighted by molar-refractivity contribution is -0.701. The minimum Gasteiger partial charge on any atom is -0.481 e. The lowest BCUT2D eigenvalue weighted by atomic mass is 9.99. The van der Waals surface area contributed by atoms with Gasteiger partial charge in [0.15, 0.2) is 18.9 Å². The first-order chi connectivity index (χ1) is 11.7. The van der Waals surface area contributed by atoms with E-state index in [4.69, 9.17) is 0 Å². The third-order valence-corrected chi connectivity index (χ3v) is 4.71. The van der Waals surface area contributed by atoms with Crippen LogP contribution in [0.3, 0.4) is 0 Å². The van der Waals surface area contributed by atoms with Crippen LogP contribution < -0.4 is 4.57 Å². The van der Waals surface area contributed by atoms with Gasteiger partial charge in [-0.1, -0.05) is 83.6 Å². The molecule has 0 aromatic carbocycles. The van der Waals surface area contributed by atoms with Crippen molar-refractivity contribution < 1.29 is 14.5 Å². The van der Waals surface area contributed by atoms with Gasteiger partial charge < -0.3 is 5.11 Å². The van der Waals surface area contributed by atoms with Crippen molar-refractivity contribution in [1.82, 2.24) is 0 Å². The van der Waals surface area contributed by atoms with E-state index < -0.39 is 5.97 Å². The van der Waals surface area contributed by atoms with E-state index in [-0.39, 0.29) is 5.92 Å². The Morgan fingerprint density at radius 2 is 1.33 bits per heavy atom. The van der Waals surface area contributed by atoms with Crippen LogP contribution in [0.1, 0.15) is 84.0 Å². The molecule has 0 saturated heterocycles. The van der Waals surface area contributed by atoms with Crippen molar-refractivity contribution in [3.63, 3.8) is 0 Å². The van der Waals surface area contributed by atoms with Gasteiger partial charge in [0.25, 0.3) is 0 Å². The normalized spacial score (nSPS) is 12.2. The van der Waals surface area contributed by atoms with Crippen molar-refractivity contribution in [2.24, 2.45) is 5.92 Å². The maximum absolute atomic E-state index is 11.4. The van der Waals surface area contributed by atoms with Crippen LogP contribution in [0.25, 0.3) is 0 Å². The van der Waals surface area contributed by atoms with Gasteiger partial charge in [0.2, 0.25) is 0 Å². The van der Waals surface area contributed by atoms with Crippen LogP contribution >= 0.6 is 0 Å². The molecule has 1 aromatic heterocycles. The van der Waals surface area contributed by atoms with E-state index in [2.05, 4.69) is 6.92 Å². The van der Waals surface area contributed by atoms with Gasteiger partial charge in [-0.3, -0.25) is 4.79 Å². The number of hydrogen-bond acceptors (Lipinski definition) is 1. The largest absolute Gasteiger partial charge is 0.481 e. The topological polar surface area (TPSA) is 41.2 Å². The number of carboxylic acids is 1. The fourth-order valence-electron chi connectivity index (χ4n) is 3.16. The first kappa shape index (κ1) is 20.7. The third kappa shape index (κ3) is 10.4. The average Bonchev–Trinajstić information content (AvgIpc) is 2.59. The number of aliphatic carboxylic acids is 1. The standard InChI is InChI=1S/C21H35NO2/c1-2-3-4-5-6-7-8-9-10-11-13-16-20(21(23)24)19-22-17-14-12-15-18-22/h12,14-15,17-18,20H,2-11,13,16,19H2,1H3/p+1. The fraction of sp³-hybridized carbons (Fsp3) is 0.714. The molecule has 0 fully saturated rings. The molecule has 136 valence electrons. The van der Waals surface area contributed by atoms with Crippen LogP contribution in [0.5, 0.6) is 0 Å². The number of aromatic nitrogens is 1. The van der Waals surface area contributed by atoms with Gasteiger partial charge in [0.1, 0.15) is 5.92 Å². The molecule has 0 saturated carbocycles. The van der Waals surface area contributed by atoms with E-state index >= 15 is 0 Å². The predicted molar refractivity (Wildman–Crippen MR) is 98.8 cm³/mol. The molecule has 1 unspecified atom stereocenters. The highest BCUT2D eigenvalue weighted by molar-refractivity contribution is 5.69. The zero-order valence-corrected chi connectivity index (χ0v) is 15.5.